The van der Waals surface area contributed by atoms with Crippen LogP contribution in [0.5, 0.6) is 0 Å². The Morgan fingerprint density at radius 2 is 2.15 bits per heavy atom. The Hall–Kier alpha value is -2.63. The standard InChI is InChI=1S/C14H14FN5/c1-9-10(15)4-3-5-11(9)18-13-14-17-6-7-20(14)8-12(16-2)19-13/h3-8,16H,1-2H3,(H,18,19). The van der Waals surface area contributed by atoms with Crippen molar-refractivity contribution in [3.05, 3.63) is 48.2 Å². The van der Waals surface area contributed by atoms with Crippen molar-refractivity contribution < 1.29 is 4.39 Å². The van der Waals surface area contributed by atoms with Crippen LogP contribution >= 0.6 is 0 Å². The molecular weight excluding hydrogens is 257 g/mol. The van der Waals surface area contributed by atoms with E-state index in [-0.39, 0.29) is 5.82 Å². The van der Waals surface area contributed by atoms with Crippen molar-refractivity contribution in [1.82, 2.24) is 14.4 Å². The van der Waals surface area contributed by atoms with Gasteiger partial charge in [0.05, 0.1) is 6.20 Å². The molecule has 0 aliphatic carbocycles. The Bertz CT molecular complexity index is 765. The van der Waals surface area contributed by atoms with E-state index in [9.17, 15) is 4.39 Å². The fourth-order valence-electron chi connectivity index (χ4n) is 2.01. The number of imidazole rings is 1. The Kier molecular flexibility index (Phi) is 2.98. The van der Waals surface area contributed by atoms with Gasteiger partial charge < -0.3 is 15.0 Å². The van der Waals surface area contributed by atoms with Gasteiger partial charge in [0.25, 0.3) is 0 Å². The Balaban J connectivity index is 2.10. The van der Waals surface area contributed by atoms with Crippen LogP contribution in [0.25, 0.3) is 5.65 Å². The van der Waals surface area contributed by atoms with Crippen molar-refractivity contribution in [3.63, 3.8) is 0 Å². The second kappa shape index (κ2) is 4.80. The number of anilines is 3. The van der Waals surface area contributed by atoms with Gasteiger partial charge in [0.2, 0.25) is 0 Å². The molecule has 3 rings (SSSR count). The molecule has 0 bridgehead atoms. The summed E-state index contributed by atoms with van der Waals surface area (Å²) in [5.74, 6) is 1.03. The number of hydrogen-bond acceptors (Lipinski definition) is 4. The zero-order chi connectivity index (χ0) is 14.1. The molecular formula is C14H14FN5. The third-order valence-corrected chi connectivity index (χ3v) is 3.15. The molecule has 0 amide bonds. The summed E-state index contributed by atoms with van der Waals surface area (Å²) < 4.78 is 15.4. The van der Waals surface area contributed by atoms with Crippen LogP contribution in [-0.4, -0.2) is 21.4 Å². The van der Waals surface area contributed by atoms with Gasteiger partial charge in [-0.1, -0.05) is 6.07 Å². The van der Waals surface area contributed by atoms with Gasteiger partial charge in [-0.2, -0.15) is 0 Å². The maximum Gasteiger partial charge on any atom is 0.180 e. The van der Waals surface area contributed by atoms with Gasteiger partial charge in [-0.3, -0.25) is 0 Å². The normalized spacial score (nSPS) is 10.8. The molecule has 0 saturated carbocycles. The van der Waals surface area contributed by atoms with Gasteiger partial charge in [-0.05, 0) is 19.1 Å². The second-order valence-corrected chi connectivity index (χ2v) is 4.42. The number of hydrogen-bond donors (Lipinski definition) is 2. The van der Waals surface area contributed by atoms with Crippen LogP contribution in [0, 0.1) is 12.7 Å². The number of aromatic nitrogens is 3. The van der Waals surface area contributed by atoms with E-state index in [2.05, 4.69) is 20.6 Å². The summed E-state index contributed by atoms with van der Waals surface area (Å²) in [6.07, 6.45) is 5.37. The van der Waals surface area contributed by atoms with E-state index in [0.717, 1.165) is 0 Å². The lowest BCUT2D eigenvalue weighted by Gasteiger charge is -2.11. The average molecular weight is 271 g/mol. The average Bonchev–Trinajstić information content (AvgIpc) is 2.92. The molecule has 5 nitrogen and oxygen atoms in total. The van der Waals surface area contributed by atoms with Crippen LogP contribution in [0.4, 0.5) is 21.7 Å². The van der Waals surface area contributed by atoms with Gasteiger partial charge in [0, 0.05) is 30.7 Å². The summed E-state index contributed by atoms with van der Waals surface area (Å²) in [6.45, 7) is 1.72. The van der Waals surface area contributed by atoms with Crippen LogP contribution in [0.15, 0.2) is 36.8 Å². The molecule has 0 atom stereocenters. The van der Waals surface area contributed by atoms with Gasteiger partial charge in [0.15, 0.2) is 11.5 Å². The molecule has 102 valence electrons. The summed E-state index contributed by atoms with van der Waals surface area (Å²) in [4.78, 5) is 8.69. The fourth-order valence-corrected chi connectivity index (χ4v) is 2.01. The van der Waals surface area contributed by atoms with Crippen molar-refractivity contribution in [2.45, 2.75) is 6.92 Å². The zero-order valence-electron chi connectivity index (χ0n) is 11.2. The lowest BCUT2D eigenvalue weighted by molar-refractivity contribution is 0.619. The van der Waals surface area contributed by atoms with E-state index in [4.69, 9.17) is 0 Å². The lowest BCUT2D eigenvalue weighted by atomic mass is 10.2. The smallest absolute Gasteiger partial charge is 0.180 e. The third-order valence-electron chi connectivity index (χ3n) is 3.15. The molecule has 20 heavy (non-hydrogen) atoms. The monoisotopic (exact) mass is 271 g/mol. The number of fused-ring (bicyclic) bond motifs is 1. The van der Waals surface area contributed by atoms with E-state index < -0.39 is 0 Å². The molecule has 0 aliphatic heterocycles. The largest absolute Gasteiger partial charge is 0.372 e. The predicted molar refractivity (Wildman–Crippen MR) is 77.0 cm³/mol. The molecule has 2 aromatic heterocycles. The first-order valence-electron chi connectivity index (χ1n) is 6.22. The summed E-state index contributed by atoms with van der Waals surface area (Å²) >= 11 is 0. The van der Waals surface area contributed by atoms with E-state index in [1.807, 2.05) is 22.9 Å². The SMILES string of the molecule is CNc1cn2ccnc2c(Nc2cccc(F)c2C)n1. The third kappa shape index (κ3) is 2.05. The van der Waals surface area contributed by atoms with Gasteiger partial charge in [-0.25, -0.2) is 14.4 Å². The molecule has 2 N–H and O–H groups in total. The van der Waals surface area contributed by atoms with Crippen LogP contribution in [0.2, 0.25) is 0 Å². The van der Waals surface area contributed by atoms with Crippen molar-refractivity contribution in [3.8, 4) is 0 Å². The molecule has 1 aromatic carbocycles. The minimum atomic E-state index is -0.251. The Morgan fingerprint density at radius 3 is 2.95 bits per heavy atom. The lowest BCUT2D eigenvalue weighted by Crippen LogP contribution is -2.03. The number of rotatable bonds is 3. The fraction of sp³-hybridized carbons (Fsp3) is 0.143. The predicted octanol–water partition coefficient (Wildman–Crippen LogP) is 2.96. The molecule has 0 aliphatic rings. The van der Waals surface area contributed by atoms with Gasteiger partial charge in [-0.15, -0.1) is 0 Å². The van der Waals surface area contributed by atoms with Crippen molar-refractivity contribution in [2.75, 3.05) is 17.7 Å². The van der Waals surface area contributed by atoms with E-state index in [0.29, 0.717) is 28.5 Å². The highest BCUT2D eigenvalue weighted by molar-refractivity contribution is 5.72. The van der Waals surface area contributed by atoms with E-state index in [1.54, 1.807) is 26.2 Å². The molecule has 0 spiro atoms. The van der Waals surface area contributed by atoms with Crippen LogP contribution < -0.4 is 10.6 Å². The summed E-state index contributed by atoms with van der Waals surface area (Å²) in [5, 5.41) is 6.13. The van der Waals surface area contributed by atoms with Crippen LogP contribution in [-0.2, 0) is 0 Å². The Labute approximate surface area is 115 Å². The molecule has 6 heteroatoms. The highest BCUT2D eigenvalue weighted by Gasteiger charge is 2.10. The number of nitrogens with one attached hydrogen (secondary N) is 2. The number of benzene rings is 1. The first-order valence-corrected chi connectivity index (χ1v) is 6.22. The topological polar surface area (TPSA) is 54.2 Å². The van der Waals surface area contributed by atoms with Gasteiger partial charge in [0.1, 0.15) is 11.6 Å². The Morgan fingerprint density at radius 1 is 1.30 bits per heavy atom. The number of nitrogens with zero attached hydrogens (tertiary/aromatic N) is 3. The highest BCUT2D eigenvalue weighted by atomic mass is 19.1. The van der Waals surface area contributed by atoms with Crippen molar-refractivity contribution in [1.29, 1.82) is 0 Å². The quantitative estimate of drug-likeness (QED) is 0.769. The first kappa shape index (κ1) is 12.4. The van der Waals surface area contributed by atoms with Crippen LogP contribution in [0.1, 0.15) is 5.56 Å². The maximum absolute atomic E-state index is 13.6. The molecule has 3 aromatic rings. The van der Waals surface area contributed by atoms with Crippen molar-refractivity contribution in [2.24, 2.45) is 0 Å². The van der Waals surface area contributed by atoms with Crippen molar-refractivity contribution >= 4 is 23.0 Å². The van der Waals surface area contributed by atoms with E-state index >= 15 is 0 Å². The highest BCUT2D eigenvalue weighted by Crippen LogP contribution is 2.24. The molecule has 0 radical (unpaired) electrons. The van der Waals surface area contributed by atoms with E-state index in [1.165, 1.54) is 6.07 Å². The summed E-state index contributed by atoms with van der Waals surface area (Å²) in [5.41, 5.74) is 1.91. The van der Waals surface area contributed by atoms with Crippen LogP contribution in [0.3, 0.4) is 0 Å². The molecule has 0 fully saturated rings. The first-order chi connectivity index (χ1) is 9.69. The summed E-state index contributed by atoms with van der Waals surface area (Å²) in [7, 11) is 1.79. The zero-order valence-corrected chi connectivity index (χ0v) is 11.2. The minimum Gasteiger partial charge on any atom is -0.372 e. The minimum absolute atomic E-state index is 0.251. The summed E-state index contributed by atoms with van der Waals surface area (Å²) in [6, 6.07) is 4.91. The molecule has 2 heterocycles. The maximum atomic E-state index is 13.6. The second-order valence-electron chi connectivity index (χ2n) is 4.42. The number of halogens is 1. The molecule has 0 unspecified atom stereocenters. The van der Waals surface area contributed by atoms with Gasteiger partial charge >= 0.3 is 0 Å². The molecule has 0 saturated heterocycles.